The molecule has 0 aliphatic carbocycles. The molecule has 1 atom stereocenters. The summed E-state index contributed by atoms with van der Waals surface area (Å²) in [5, 5.41) is 23.2. The molecule has 1 heterocycles. The van der Waals surface area contributed by atoms with Crippen LogP contribution in [-0.2, 0) is 7.05 Å². The van der Waals surface area contributed by atoms with E-state index in [-0.39, 0.29) is 17.2 Å². The average Bonchev–Trinajstić information content (AvgIpc) is 2.89. The van der Waals surface area contributed by atoms with Crippen LogP contribution >= 0.6 is 11.6 Å². The molecular formula is C29H24ClFN2O5. The Bertz CT molecular complexity index is 1580. The third kappa shape index (κ3) is 5.92. The van der Waals surface area contributed by atoms with E-state index in [4.69, 9.17) is 21.4 Å². The van der Waals surface area contributed by atoms with E-state index in [1.54, 1.807) is 37.5 Å². The Morgan fingerprint density at radius 1 is 1.05 bits per heavy atom. The van der Waals surface area contributed by atoms with Crippen LogP contribution in [0.15, 0.2) is 88.9 Å². The lowest BCUT2D eigenvalue weighted by Crippen LogP contribution is -2.18. The molecule has 0 aliphatic heterocycles. The largest absolute Gasteiger partial charge is 0.478 e. The van der Waals surface area contributed by atoms with Crippen LogP contribution in [0.4, 0.5) is 4.39 Å². The number of aromatic carboxylic acids is 1. The molecule has 0 fully saturated rings. The van der Waals surface area contributed by atoms with Crippen molar-refractivity contribution in [1.82, 2.24) is 4.57 Å². The standard InChI is InChI=1S/C29H24ClFN2O5/c1-17-13-20(30)6-10-23(17)24(15-27(32-37)19-5-12-28(34)33(2)16-19)18-3-7-21(8-4-18)38-22-9-11-26(31)25(14-22)29(35)36/h3-14,16,24,37H,15H2,1-2H3,(H,35,36)/b32-27-. The Morgan fingerprint density at radius 2 is 1.76 bits per heavy atom. The zero-order valence-electron chi connectivity index (χ0n) is 20.6. The molecule has 38 heavy (non-hydrogen) atoms. The summed E-state index contributed by atoms with van der Waals surface area (Å²) in [6.45, 7) is 1.95. The van der Waals surface area contributed by atoms with Gasteiger partial charge < -0.3 is 19.6 Å². The van der Waals surface area contributed by atoms with Gasteiger partial charge in [-0.3, -0.25) is 4.79 Å². The summed E-state index contributed by atoms with van der Waals surface area (Å²) in [6.07, 6.45) is 1.94. The first-order chi connectivity index (χ1) is 18.2. The molecule has 9 heteroatoms. The van der Waals surface area contributed by atoms with Crippen LogP contribution in [0.3, 0.4) is 0 Å². The monoisotopic (exact) mass is 534 g/mol. The highest BCUT2D eigenvalue weighted by atomic mass is 35.5. The maximum absolute atomic E-state index is 13.7. The molecule has 1 unspecified atom stereocenters. The number of rotatable bonds is 8. The minimum absolute atomic E-state index is 0.177. The predicted octanol–water partition coefficient (Wildman–Crippen LogP) is 6.38. The second-order valence-corrected chi connectivity index (χ2v) is 9.23. The number of halogens is 2. The minimum Gasteiger partial charge on any atom is -0.478 e. The second kappa shape index (κ2) is 11.3. The number of carboxylic acids is 1. The number of carbonyl (C=O) groups is 1. The normalized spacial score (nSPS) is 12.3. The predicted molar refractivity (Wildman–Crippen MR) is 143 cm³/mol. The van der Waals surface area contributed by atoms with Gasteiger partial charge in [0.05, 0.1) is 11.3 Å². The summed E-state index contributed by atoms with van der Waals surface area (Å²) in [4.78, 5) is 23.1. The summed E-state index contributed by atoms with van der Waals surface area (Å²) in [7, 11) is 1.63. The second-order valence-electron chi connectivity index (χ2n) is 8.79. The Labute approximate surface area is 223 Å². The van der Waals surface area contributed by atoms with E-state index in [0.717, 1.165) is 28.8 Å². The maximum atomic E-state index is 13.7. The fourth-order valence-electron chi connectivity index (χ4n) is 4.25. The van der Waals surface area contributed by atoms with Crippen molar-refractivity contribution >= 4 is 23.3 Å². The lowest BCUT2D eigenvalue weighted by molar-refractivity contribution is 0.0691. The van der Waals surface area contributed by atoms with Crippen LogP contribution in [0.25, 0.3) is 0 Å². The highest BCUT2D eigenvalue weighted by molar-refractivity contribution is 6.30. The zero-order valence-corrected chi connectivity index (χ0v) is 21.3. The smallest absolute Gasteiger partial charge is 0.338 e. The number of nitrogens with zero attached hydrogens (tertiary/aromatic N) is 2. The Morgan fingerprint density at radius 3 is 2.39 bits per heavy atom. The number of pyridine rings is 1. The Hall–Kier alpha value is -4.43. The van der Waals surface area contributed by atoms with Crippen LogP contribution in [0.2, 0.25) is 5.02 Å². The highest BCUT2D eigenvalue weighted by Crippen LogP contribution is 2.34. The van der Waals surface area contributed by atoms with Gasteiger partial charge in [-0.1, -0.05) is 35.0 Å². The fourth-order valence-corrected chi connectivity index (χ4v) is 4.47. The van der Waals surface area contributed by atoms with Crippen LogP contribution in [0.5, 0.6) is 11.5 Å². The van der Waals surface area contributed by atoms with Crippen LogP contribution in [-0.4, -0.2) is 26.6 Å². The third-order valence-corrected chi connectivity index (χ3v) is 6.47. The molecule has 0 aliphatic rings. The molecule has 0 radical (unpaired) electrons. The van der Waals surface area contributed by atoms with Gasteiger partial charge in [0.1, 0.15) is 17.3 Å². The summed E-state index contributed by atoms with van der Waals surface area (Å²) in [5.74, 6) is -1.86. The van der Waals surface area contributed by atoms with Crippen molar-refractivity contribution in [3.63, 3.8) is 0 Å². The van der Waals surface area contributed by atoms with E-state index in [2.05, 4.69) is 5.16 Å². The van der Waals surface area contributed by atoms with Gasteiger partial charge in [-0.25, -0.2) is 9.18 Å². The Balaban J connectivity index is 1.68. The van der Waals surface area contributed by atoms with Crippen molar-refractivity contribution in [2.24, 2.45) is 12.2 Å². The molecule has 0 bridgehead atoms. The number of aromatic nitrogens is 1. The van der Waals surface area contributed by atoms with Crippen LogP contribution in [0, 0.1) is 12.7 Å². The summed E-state index contributed by atoms with van der Waals surface area (Å²) >= 11 is 6.19. The molecule has 0 amide bonds. The van der Waals surface area contributed by atoms with E-state index in [1.165, 1.54) is 16.7 Å². The fraction of sp³-hybridized carbons (Fsp3) is 0.138. The first kappa shape index (κ1) is 26.6. The Kier molecular flexibility index (Phi) is 7.93. The molecule has 0 saturated carbocycles. The number of benzene rings is 3. The topological polar surface area (TPSA) is 101 Å². The number of ether oxygens (including phenoxy) is 1. The molecule has 7 nitrogen and oxygen atoms in total. The average molecular weight is 535 g/mol. The van der Waals surface area contributed by atoms with Crippen molar-refractivity contribution in [2.45, 2.75) is 19.3 Å². The van der Waals surface area contributed by atoms with E-state index in [1.807, 2.05) is 31.2 Å². The molecule has 0 saturated heterocycles. The summed E-state index contributed by atoms with van der Waals surface area (Å²) < 4.78 is 20.9. The van der Waals surface area contributed by atoms with Crippen molar-refractivity contribution < 1.29 is 24.2 Å². The van der Waals surface area contributed by atoms with E-state index < -0.39 is 17.3 Å². The van der Waals surface area contributed by atoms with E-state index in [9.17, 15) is 19.2 Å². The van der Waals surface area contributed by atoms with E-state index >= 15 is 0 Å². The number of carboxylic acid groups (broad SMARTS) is 1. The molecule has 0 spiro atoms. The van der Waals surface area contributed by atoms with Gasteiger partial charge in [0.2, 0.25) is 5.56 Å². The van der Waals surface area contributed by atoms with Gasteiger partial charge in [-0.2, -0.15) is 0 Å². The third-order valence-electron chi connectivity index (χ3n) is 6.23. The van der Waals surface area contributed by atoms with Gasteiger partial charge in [0, 0.05) is 42.2 Å². The van der Waals surface area contributed by atoms with Gasteiger partial charge in [0.25, 0.3) is 0 Å². The molecule has 2 N–H and O–H groups in total. The van der Waals surface area contributed by atoms with Gasteiger partial charge in [-0.05, 0) is 72.1 Å². The first-order valence-electron chi connectivity index (χ1n) is 11.6. The number of oxime groups is 1. The highest BCUT2D eigenvalue weighted by Gasteiger charge is 2.21. The minimum atomic E-state index is -1.38. The molecule has 3 aromatic carbocycles. The van der Waals surface area contributed by atoms with Crippen LogP contribution < -0.4 is 10.3 Å². The number of hydrogen-bond acceptors (Lipinski definition) is 5. The zero-order chi connectivity index (χ0) is 27.4. The van der Waals surface area contributed by atoms with Gasteiger partial charge in [0.15, 0.2) is 0 Å². The number of hydrogen-bond donors (Lipinski definition) is 2. The molecule has 4 aromatic rings. The molecule has 1 aromatic heterocycles. The lowest BCUT2D eigenvalue weighted by atomic mass is 9.83. The lowest BCUT2D eigenvalue weighted by Gasteiger charge is -2.21. The molecule has 194 valence electrons. The number of aryl methyl sites for hydroxylation is 2. The van der Waals surface area contributed by atoms with Crippen molar-refractivity contribution in [3.05, 3.63) is 128 Å². The van der Waals surface area contributed by atoms with Crippen molar-refractivity contribution in [2.75, 3.05) is 0 Å². The molecule has 4 rings (SSSR count). The first-order valence-corrected chi connectivity index (χ1v) is 12.0. The van der Waals surface area contributed by atoms with Crippen molar-refractivity contribution in [3.8, 4) is 11.5 Å². The summed E-state index contributed by atoms with van der Waals surface area (Å²) in [6, 6.07) is 19.3. The van der Waals surface area contributed by atoms with E-state index in [0.29, 0.717) is 28.5 Å². The van der Waals surface area contributed by atoms with Crippen LogP contribution in [0.1, 0.15) is 45.0 Å². The summed E-state index contributed by atoms with van der Waals surface area (Å²) in [5.41, 5.74) is 3.16. The quantitative estimate of drug-likeness (QED) is 0.155. The van der Waals surface area contributed by atoms with Crippen molar-refractivity contribution in [1.29, 1.82) is 0 Å². The van der Waals surface area contributed by atoms with Gasteiger partial charge >= 0.3 is 5.97 Å². The maximum Gasteiger partial charge on any atom is 0.338 e. The molecular weight excluding hydrogens is 511 g/mol. The SMILES string of the molecule is Cc1cc(Cl)ccc1C(C/C(=N/O)c1ccc(=O)n(C)c1)c1ccc(Oc2ccc(F)c(C(=O)O)c2)cc1. The van der Waals surface area contributed by atoms with Gasteiger partial charge in [-0.15, -0.1) is 0 Å².